The van der Waals surface area contributed by atoms with Gasteiger partial charge in [-0.25, -0.2) is 9.59 Å². The maximum Gasteiger partial charge on any atom is 0.357 e. The van der Waals surface area contributed by atoms with Crippen molar-refractivity contribution in [3.05, 3.63) is 87.0 Å². The molecule has 1 aliphatic heterocycles. The maximum atomic E-state index is 14.0. The van der Waals surface area contributed by atoms with Gasteiger partial charge >= 0.3 is 11.9 Å². The van der Waals surface area contributed by atoms with Gasteiger partial charge in [-0.15, -0.1) is 0 Å². The summed E-state index contributed by atoms with van der Waals surface area (Å²) in [5.41, 5.74) is 10.2. The van der Waals surface area contributed by atoms with E-state index in [-0.39, 0.29) is 34.1 Å². The van der Waals surface area contributed by atoms with Crippen molar-refractivity contribution in [3.8, 4) is 0 Å². The number of ether oxygens (including phenoxy) is 2. The highest BCUT2D eigenvalue weighted by Crippen LogP contribution is 2.39. The smallest absolute Gasteiger partial charge is 0.357 e. The summed E-state index contributed by atoms with van der Waals surface area (Å²) >= 11 is 1.10. The molecular formula is C29H30N2O5S. The maximum absolute atomic E-state index is 14.0. The molecule has 4 rings (SSSR count). The van der Waals surface area contributed by atoms with Crippen molar-refractivity contribution in [2.45, 2.75) is 38.9 Å². The summed E-state index contributed by atoms with van der Waals surface area (Å²) in [4.78, 5) is 40.5. The number of fused-ring (bicyclic) bond motifs is 1. The molecule has 8 heteroatoms. The third kappa shape index (κ3) is 5.20. The molecule has 1 atom stereocenters. The zero-order chi connectivity index (χ0) is 26.7. The van der Waals surface area contributed by atoms with Gasteiger partial charge in [0.05, 0.1) is 24.8 Å². The molecule has 0 radical (unpaired) electrons. The molecule has 2 N–H and O–H groups in total. The number of carbonyl (C=O) groups is 3. The van der Waals surface area contributed by atoms with Gasteiger partial charge < -0.3 is 15.2 Å². The second kappa shape index (κ2) is 11.1. The van der Waals surface area contributed by atoms with Crippen molar-refractivity contribution in [1.29, 1.82) is 0 Å². The molecule has 0 aliphatic carbocycles. The lowest BCUT2D eigenvalue weighted by Gasteiger charge is -2.23. The summed E-state index contributed by atoms with van der Waals surface area (Å²) in [5.74, 6) is -1.70. The zero-order valence-electron chi connectivity index (χ0n) is 21.4. The fourth-order valence-corrected chi connectivity index (χ4v) is 5.36. The number of benzene rings is 2. The number of nitrogens with zero attached hydrogens (tertiary/aromatic N) is 1. The van der Waals surface area contributed by atoms with E-state index in [1.807, 2.05) is 69.3 Å². The Morgan fingerprint density at radius 3 is 2.24 bits per heavy atom. The first-order chi connectivity index (χ1) is 17.8. The fourth-order valence-electron chi connectivity index (χ4n) is 4.14. The molecule has 2 aromatic carbocycles. The van der Waals surface area contributed by atoms with Crippen molar-refractivity contribution in [2.24, 2.45) is 0 Å². The van der Waals surface area contributed by atoms with E-state index >= 15 is 0 Å². The van der Waals surface area contributed by atoms with Crippen LogP contribution in [0.4, 0.5) is 5.69 Å². The predicted octanol–water partition coefficient (Wildman–Crippen LogP) is 3.88. The molecule has 3 aromatic rings. The van der Waals surface area contributed by atoms with Gasteiger partial charge in [0, 0.05) is 5.22 Å². The number of aromatic nitrogens is 1. The number of aryl methyl sites for hydroxylation is 2. The van der Waals surface area contributed by atoms with Crippen LogP contribution in [0.1, 0.15) is 62.6 Å². The molecule has 0 spiro atoms. The number of methoxy groups -OCH3 is 1. The van der Waals surface area contributed by atoms with Crippen LogP contribution in [0, 0.1) is 13.8 Å². The molecule has 0 unspecified atom stereocenters. The van der Waals surface area contributed by atoms with E-state index in [4.69, 9.17) is 15.2 Å². The number of esters is 2. The van der Waals surface area contributed by atoms with Gasteiger partial charge in [0.15, 0.2) is 5.69 Å². The predicted molar refractivity (Wildman–Crippen MR) is 146 cm³/mol. The average Bonchev–Trinajstić information content (AvgIpc) is 3.18. The van der Waals surface area contributed by atoms with Crippen LogP contribution < -0.4 is 16.3 Å². The third-order valence-corrected chi connectivity index (χ3v) is 7.51. The topological polar surface area (TPSA) is 101 Å². The van der Waals surface area contributed by atoms with Crippen LogP contribution in [-0.4, -0.2) is 36.1 Å². The van der Waals surface area contributed by atoms with Crippen LogP contribution in [0.3, 0.4) is 0 Å². The number of anilines is 1. The molecule has 7 nitrogen and oxygen atoms in total. The van der Waals surface area contributed by atoms with Crippen molar-refractivity contribution in [3.63, 3.8) is 0 Å². The number of nitrogen functional groups attached to an aromatic ring is 1. The quantitative estimate of drug-likeness (QED) is 0.374. The minimum atomic E-state index is -0.775. The van der Waals surface area contributed by atoms with E-state index in [0.29, 0.717) is 17.2 Å². The number of hydrogen-bond donors (Lipinski definition) is 1. The lowest BCUT2D eigenvalue weighted by atomic mass is 10.1. The largest absolute Gasteiger partial charge is 0.465 e. The van der Waals surface area contributed by atoms with Crippen molar-refractivity contribution < 1.29 is 23.9 Å². The molecule has 192 valence electrons. The Bertz CT molecular complexity index is 1470. The Kier molecular flexibility index (Phi) is 7.88. The van der Waals surface area contributed by atoms with E-state index in [2.05, 4.69) is 0 Å². The number of unbranched alkanes of at least 4 members (excludes halogenated alkanes) is 1. The molecule has 2 heterocycles. The number of rotatable bonds is 7. The number of hydrogen-bond acceptors (Lipinski definition) is 7. The molecule has 0 saturated carbocycles. The van der Waals surface area contributed by atoms with E-state index in [1.54, 1.807) is 6.08 Å². The highest BCUT2D eigenvalue weighted by molar-refractivity contribution is 8.10. The van der Waals surface area contributed by atoms with Gasteiger partial charge in [0.1, 0.15) is 10.2 Å². The van der Waals surface area contributed by atoms with E-state index in [1.165, 1.54) is 11.7 Å². The van der Waals surface area contributed by atoms with Crippen LogP contribution in [0.2, 0.25) is 0 Å². The normalized spacial score (nSPS) is 15.5. The molecule has 0 saturated heterocycles. The molecule has 0 amide bonds. The molecule has 37 heavy (non-hydrogen) atoms. The Morgan fingerprint density at radius 1 is 1.03 bits per heavy atom. The highest BCUT2D eigenvalue weighted by Gasteiger charge is 2.38. The first-order valence-electron chi connectivity index (χ1n) is 12.1. The van der Waals surface area contributed by atoms with Gasteiger partial charge in [-0.1, -0.05) is 84.8 Å². The van der Waals surface area contributed by atoms with Crippen LogP contribution in [0.25, 0.3) is 11.0 Å². The Balaban J connectivity index is 2.03. The summed E-state index contributed by atoms with van der Waals surface area (Å²) in [6.45, 7) is 6.12. The Labute approximate surface area is 219 Å². The van der Waals surface area contributed by atoms with Crippen LogP contribution >= 0.6 is 11.8 Å². The molecular weight excluding hydrogens is 488 g/mol. The van der Waals surface area contributed by atoms with Gasteiger partial charge in [-0.3, -0.25) is 9.36 Å². The first kappa shape index (κ1) is 26.3. The Morgan fingerprint density at radius 2 is 1.65 bits per heavy atom. The Hall–Kier alpha value is -3.78. The average molecular weight is 519 g/mol. The fraction of sp³-hybridized carbons (Fsp3) is 0.276. The third-order valence-electron chi connectivity index (χ3n) is 6.21. The lowest BCUT2D eigenvalue weighted by molar-refractivity contribution is -0.133. The summed E-state index contributed by atoms with van der Waals surface area (Å²) in [6, 6.07) is 15.2. The monoisotopic (exact) mass is 518 g/mol. The minimum absolute atomic E-state index is 0.0757. The van der Waals surface area contributed by atoms with E-state index in [0.717, 1.165) is 34.9 Å². The number of carbonyl (C=O) groups excluding carboxylic acids is 3. The van der Waals surface area contributed by atoms with Crippen molar-refractivity contribution in [1.82, 2.24) is 4.57 Å². The molecule has 0 fully saturated rings. The van der Waals surface area contributed by atoms with Crippen LogP contribution in [0.15, 0.2) is 48.5 Å². The molecule has 1 aliphatic rings. The lowest BCUT2D eigenvalue weighted by Crippen LogP contribution is -2.42. The summed E-state index contributed by atoms with van der Waals surface area (Å²) in [5, 5.41) is -0.135. The summed E-state index contributed by atoms with van der Waals surface area (Å²) in [6.07, 6.45) is 3.29. The summed E-state index contributed by atoms with van der Waals surface area (Å²) < 4.78 is 11.8. The highest BCUT2D eigenvalue weighted by atomic mass is 32.2. The first-order valence-corrected chi connectivity index (χ1v) is 13.0. The molecule has 1 aromatic heterocycles. The number of nitrogens with two attached hydrogens (primary N) is 1. The van der Waals surface area contributed by atoms with Gasteiger partial charge in [0.25, 0.3) is 0 Å². The SMILES string of the molecule is CCCCOC(=O)c1c(N)/c(=C\c2ccc(C)cc2)c2n1C(=O)[C@@H](c1ccc(C)cc1)SC=2C(=O)OC. The van der Waals surface area contributed by atoms with Crippen molar-refractivity contribution in [2.75, 3.05) is 19.5 Å². The van der Waals surface area contributed by atoms with Crippen LogP contribution in [0.5, 0.6) is 0 Å². The zero-order valence-corrected chi connectivity index (χ0v) is 22.2. The second-order valence-corrected chi connectivity index (χ2v) is 10.1. The van der Waals surface area contributed by atoms with Gasteiger partial charge in [-0.05, 0) is 37.5 Å². The van der Waals surface area contributed by atoms with Gasteiger partial charge in [0.2, 0.25) is 5.91 Å². The van der Waals surface area contributed by atoms with Gasteiger partial charge in [-0.2, -0.15) is 0 Å². The van der Waals surface area contributed by atoms with E-state index < -0.39 is 17.2 Å². The minimum Gasteiger partial charge on any atom is -0.465 e. The van der Waals surface area contributed by atoms with Crippen molar-refractivity contribution >= 4 is 46.3 Å². The standard InChI is InChI=1S/C29H30N2O5S/c1-5-6-15-36-28(33)24-22(30)21(16-19-11-7-17(2)8-12-19)23-26(29(34)35-4)37-25(27(32)31(23)24)20-13-9-18(3)10-14-20/h7-14,16,25H,5-6,15,30H2,1-4H3/b21-16+/t25-/m1/s1. The second-order valence-electron chi connectivity index (χ2n) is 8.97. The molecule has 0 bridgehead atoms. The summed E-state index contributed by atoms with van der Waals surface area (Å²) in [7, 11) is 1.28. The van der Waals surface area contributed by atoms with E-state index in [9.17, 15) is 14.4 Å². The van der Waals surface area contributed by atoms with Crippen LogP contribution in [-0.2, 0) is 14.3 Å². The number of thioether (sulfide) groups is 1.